The highest BCUT2D eigenvalue weighted by atomic mass is 79.9. The average Bonchev–Trinajstić information content (AvgIpc) is 2.14. The summed E-state index contributed by atoms with van der Waals surface area (Å²) in [6, 6.07) is 2.01. The van der Waals surface area contributed by atoms with Crippen LogP contribution in [0.4, 0.5) is 5.82 Å². The molecule has 5 heteroatoms. The molecule has 1 heterocycles. The van der Waals surface area contributed by atoms with Crippen molar-refractivity contribution in [2.24, 2.45) is 0 Å². The molecule has 1 aromatic heterocycles. The van der Waals surface area contributed by atoms with Crippen LogP contribution in [0.2, 0.25) is 0 Å². The Balaban J connectivity index is 2.69. The van der Waals surface area contributed by atoms with Gasteiger partial charge in [-0.05, 0) is 44.3 Å². The van der Waals surface area contributed by atoms with Crippen molar-refractivity contribution in [3.05, 3.63) is 21.2 Å². The van der Waals surface area contributed by atoms with Crippen molar-refractivity contribution in [2.45, 2.75) is 18.2 Å². The molecule has 0 spiro atoms. The lowest BCUT2D eigenvalue weighted by Crippen LogP contribution is -2.21. The highest BCUT2D eigenvalue weighted by Crippen LogP contribution is 2.26. The normalized spacial score (nSPS) is 12.6. The minimum absolute atomic E-state index is 0.536. The topological polar surface area (TPSA) is 16.1 Å². The summed E-state index contributed by atoms with van der Waals surface area (Å²) in [5.41, 5.74) is 0. The monoisotopic (exact) mass is 398 g/mol. The Bertz CT molecular complexity index is 328. The quantitative estimate of drug-likeness (QED) is 0.703. The van der Waals surface area contributed by atoms with Crippen LogP contribution in [0.1, 0.15) is 13.3 Å². The first-order valence-corrected chi connectivity index (χ1v) is 7.17. The van der Waals surface area contributed by atoms with Gasteiger partial charge >= 0.3 is 0 Å². The van der Waals surface area contributed by atoms with Crippen LogP contribution in [-0.2, 0) is 0 Å². The number of anilines is 1. The molecule has 0 aliphatic heterocycles. The molecule has 2 nitrogen and oxygen atoms in total. The first-order valence-electron chi connectivity index (χ1n) is 4.67. The van der Waals surface area contributed by atoms with E-state index in [0.717, 1.165) is 27.7 Å². The number of hydrogen-bond acceptors (Lipinski definition) is 2. The van der Waals surface area contributed by atoms with Gasteiger partial charge in [0, 0.05) is 29.1 Å². The molecule has 1 unspecified atom stereocenters. The number of aromatic nitrogens is 1. The molecular formula is C10H13Br3N2. The van der Waals surface area contributed by atoms with Crippen LogP contribution in [0.25, 0.3) is 0 Å². The largest absolute Gasteiger partial charge is 0.359 e. The van der Waals surface area contributed by atoms with Gasteiger partial charge in [0.05, 0.1) is 4.47 Å². The van der Waals surface area contributed by atoms with Gasteiger partial charge in [-0.15, -0.1) is 0 Å². The molecule has 0 fully saturated rings. The third-order valence-electron chi connectivity index (χ3n) is 2.01. The second-order valence-corrected chi connectivity index (χ2v) is 6.78. The zero-order valence-electron chi connectivity index (χ0n) is 8.67. The molecular weight excluding hydrogens is 388 g/mol. The predicted octanol–water partition coefficient (Wildman–Crippen LogP) is 4.22. The average molecular weight is 401 g/mol. The molecule has 1 aromatic rings. The van der Waals surface area contributed by atoms with Crippen LogP contribution in [0, 0.1) is 0 Å². The molecule has 0 aromatic carbocycles. The lowest BCUT2D eigenvalue weighted by atomic mass is 10.3. The molecule has 0 aliphatic rings. The van der Waals surface area contributed by atoms with Gasteiger partial charge < -0.3 is 4.90 Å². The summed E-state index contributed by atoms with van der Waals surface area (Å²) in [4.78, 5) is 7.06. The number of nitrogens with zero attached hydrogens (tertiary/aromatic N) is 2. The zero-order chi connectivity index (χ0) is 11.4. The number of halogens is 3. The smallest absolute Gasteiger partial charge is 0.142 e. The van der Waals surface area contributed by atoms with E-state index in [2.05, 4.69) is 71.6 Å². The van der Waals surface area contributed by atoms with Gasteiger partial charge in [-0.1, -0.05) is 22.9 Å². The van der Waals surface area contributed by atoms with Gasteiger partial charge in [-0.3, -0.25) is 0 Å². The molecule has 0 saturated carbocycles. The van der Waals surface area contributed by atoms with E-state index in [4.69, 9.17) is 0 Å². The van der Waals surface area contributed by atoms with Crippen molar-refractivity contribution in [3.63, 3.8) is 0 Å². The number of alkyl halides is 1. The SMILES string of the molecule is CC(Br)CCN(C)c1ncc(Br)cc1Br. The van der Waals surface area contributed by atoms with Gasteiger partial charge in [0.15, 0.2) is 0 Å². The van der Waals surface area contributed by atoms with Gasteiger partial charge in [0.2, 0.25) is 0 Å². The second kappa shape index (κ2) is 6.21. The van der Waals surface area contributed by atoms with Crippen molar-refractivity contribution >= 4 is 53.6 Å². The third kappa shape index (κ3) is 4.41. The highest BCUT2D eigenvalue weighted by Gasteiger charge is 2.08. The van der Waals surface area contributed by atoms with Gasteiger partial charge in [0.25, 0.3) is 0 Å². The van der Waals surface area contributed by atoms with E-state index in [9.17, 15) is 0 Å². The van der Waals surface area contributed by atoms with Crippen molar-refractivity contribution in [3.8, 4) is 0 Å². The van der Waals surface area contributed by atoms with Crippen molar-refractivity contribution in [2.75, 3.05) is 18.5 Å². The number of rotatable bonds is 4. The summed E-state index contributed by atoms with van der Waals surface area (Å²) in [6.07, 6.45) is 2.91. The second-order valence-electron chi connectivity index (χ2n) is 3.45. The lowest BCUT2D eigenvalue weighted by Gasteiger charge is -2.20. The molecule has 1 rings (SSSR count). The van der Waals surface area contributed by atoms with Gasteiger partial charge in [0.1, 0.15) is 5.82 Å². The maximum Gasteiger partial charge on any atom is 0.142 e. The molecule has 0 bridgehead atoms. The van der Waals surface area contributed by atoms with Crippen LogP contribution in [-0.4, -0.2) is 23.4 Å². The molecule has 0 saturated heterocycles. The minimum atomic E-state index is 0.536. The zero-order valence-corrected chi connectivity index (χ0v) is 13.4. The maximum atomic E-state index is 4.37. The van der Waals surface area contributed by atoms with Crippen LogP contribution >= 0.6 is 47.8 Å². The molecule has 0 radical (unpaired) electrons. The highest BCUT2D eigenvalue weighted by molar-refractivity contribution is 9.11. The van der Waals surface area contributed by atoms with E-state index in [-0.39, 0.29) is 0 Å². The number of pyridine rings is 1. The van der Waals surface area contributed by atoms with Gasteiger partial charge in [-0.2, -0.15) is 0 Å². The summed E-state index contributed by atoms with van der Waals surface area (Å²) < 4.78 is 2.00. The fourth-order valence-corrected chi connectivity index (χ4v) is 2.66. The Kier molecular flexibility index (Phi) is 5.57. The first-order chi connectivity index (χ1) is 7.00. The standard InChI is InChI=1S/C10H13Br3N2/c1-7(11)3-4-15(2)10-9(13)5-8(12)6-14-10/h5-7H,3-4H2,1-2H3. The predicted molar refractivity (Wildman–Crippen MR) is 75.9 cm³/mol. The van der Waals surface area contributed by atoms with E-state index in [0.29, 0.717) is 4.83 Å². The van der Waals surface area contributed by atoms with Crippen LogP contribution in [0.5, 0.6) is 0 Å². The molecule has 15 heavy (non-hydrogen) atoms. The molecule has 1 atom stereocenters. The van der Waals surface area contributed by atoms with Crippen LogP contribution in [0.3, 0.4) is 0 Å². The van der Waals surface area contributed by atoms with E-state index in [1.165, 1.54) is 0 Å². The minimum Gasteiger partial charge on any atom is -0.359 e. The van der Waals surface area contributed by atoms with Crippen LogP contribution in [0.15, 0.2) is 21.2 Å². The van der Waals surface area contributed by atoms with E-state index in [1.54, 1.807) is 0 Å². The Morgan fingerprint density at radius 1 is 1.47 bits per heavy atom. The molecule has 0 amide bonds. The van der Waals surface area contributed by atoms with Crippen molar-refractivity contribution < 1.29 is 0 Å². The van der Waals surface area contributed by atoms with Crippen LogP contribution < -0.4 is 4.90 Å². The fourth-order valence-electron chi connectivity index (χ4n) is 1.17. The molecule has 0 N–H and O–H groups in total. The van der Waals surface area contributed by atoms with E-state index >= 15 is 0 Å². The van der Waals surface area contributed by atoms with E-state index in [1.807, 2.05) is 12.3 Å². The van der Waals surface area contributed by atoms with Gasteiger partial charge in [-0.25, -0.2) is 4.98 Å². The summed E-state index contributed by atoms with van der Waals surface area (Å²) in [5.74, 6) is 0.978. The van der Waals surface area contributed by atoms with E-state index < -0.39 is 0 Å². The molecule has 0 aliphatic carbocycles. The number of hydrogen-bond donors (Lipinski definition) is 0. The summed E-state index contributed by atoms with van der Waals surface area (Å²) in [5, 5.41) is 0. The molecule has 84 valence electrons. The van der Waals surface area contributed by atoms with Crippen molar-refractivity contribution in [1.82, 2.24) is 4.98 Å². The summed E-state index contributed by atoms with van der Waals surface area (Å²) in [6.45, 7) is 3.14. The fraction of sp³-hybridized carbons (Fsp3) is 0.500. The lowest BCUT2D eigenvalue weighted by molar-refractivity contribution is 0.777. The Morgan fingerprint density at radius 2 is 2.13 bits per heavy atom. The maximum absolute atomic E-state index is 4.37. The summed E-state index contributed by atoms with van der Waals surface area (Å²) in [7, 11) is 2.05. The summed E-state index contributed by atoms with van der Waals surface area (Å²) >= 11 is 10.4. The Morgan fingerprint density at radius 3 is 2.67 bits per heavy atom. The first kappa shape index (κ1) is 13.5. The van der Waals surface area contributed by atoms with Crippen molar-refractivity contribution in [1.29, 1.82) is 0 Å². The Labute approximate surface area is 116 Å². The third-order valence-corrected chi connectivity index (χ3v) is 3.49. The Hall–Kier alpha value is 0.390.